The van der Waals surface area contributed by atoms with Crippen molar-refractivity contribution >= 4 is 31.9 Å². The molecule has 0 bridgehead atoms. The minimum Gasteiger partial charge on any atom is -0.396 e. The molecule has 1 aliphatic carbocycles. The molecule has 0 saturated heterocycles. The van der Waals surface area contributed by atoms with E-state index in [2.05, 4.69) is 56.1 Å². The molecule has 0 aliphatic heterocycles. The van der Waals surface area contributed by atoms with Gasteiger partial charge in [0, 0.05) is 27.6 Å². The van der Waals surface area contributed by atoms with Gasteiger partial charge in [-0.15, -0.1) is 0 Å². The number of halogens is 2. The molecule has 0 heterocycles. The highest BCUT2D eigenvalue weighted by molar-refractivity contribution is 9.10. The normalized spacial score (nSPS) is 14.9. The summed E-state index contributed by atoms with van der Waals surface area (Å²) in [4.78, 5) is 0. The molecule has 0 amide bonds. The van der Waals surface area contributed by atoms with E-state index in [1.807, 2.05) is 12.1 Å². The Bertz CT molecular complexity index is 623. The van der Waals surface area contributed by atoms with E-state index < -0.39 is 0 Å². The van der Waals surface area contributed by atoms with E-state index in [1.54, 1.807) is 0 Å². The van der Waals surface area contributed by atoms with Crippen molar-refractivity contribution in [3.63, 3.8) is 0 Å². The van der Waals surface area contributed by atoms with E-state index in [0.717, 1.165) is 8.95 Å². The van der Waals surface area contributed by atoms with Crippen LogP contribution in [0.5, 0.6) is 0 Å². The van der Waals surface area contributed by atoms with E-state index >= 15 is 0 Å². The van der Waals surface area contributed by atoms with Gasteiger partial charge >= 0.3 is 0 Å². The van der Waals surface area contributed by atoms with Gasteiger partial charge < -0.3 is 10.2 Å². The molecular formula is C17H16Br2O2. The fourth-order valence-corrected chi connectivity index (χ4v) is 4.21. The van der Waals surface area contributed by atoms with Crippen LogP contribution in [0.15, 0.2) is 45.3 Å². The van der Waals surface area contributed by atoms with Crippen LogP contribution in [-0.4, -0.2) is 23.4 Å². The van der Waals surface area contributed by atoms with Gasteiger partial charge in [0.2, 0.25) is 0 Å². The van der Waals surface area contributed by atoms with Gasteiger partial charge in [0.25, 0.3) is 0 Å². The molecule has 0 unspecified atom stereocenters. The van der Waals surface area contributed by atoms with Crippen molar-refractivity contribution < 1.29 is 10.2 Å². The molecule has 3 rings (SSSR count). The molecule has 0 atom stereocenters. The third-order valence-corrected chi connectivity index (χ3v) is 5.35. The Hall–Kier alpha value is -0.680. The highest BCUT2D eigenvalue weighted by atomic mass is 79.9. The van der Waals surface area contributed by atoms with Crippen LogP contribution in [-0.2, 0) is 5.41 Å². The van der Waals surface area contributed by atoms with E-state index in [-0.39, 0.29) is 18.6 Å². The van der Waals surface area contributed by atoms with Gasteiger partial charge in [-0.2, -0.15) is 0 Å². The summed E-state index contributed by atoms with van der Waals surface area (Å²) in [5.74, 6) is 0. The molecule has 21 heavy (non-hydrogen) atoms. The summed E-state index contributed by atoms with van der Waals surface area (Å²) in [6.07, 6.45) is 1.22. The Balaban J connectivity index is 2.32. The van der Waals surface area contributed by atoms with Crippen molar-refractivity contribution in [2.24, 2.45) is 0 Å². The van der Waals surface area contributed by atoms with Gasteiger partial charge in [-0.05, 0) is 59.4 Å². The molecular weight excluding hydrogens is 396 g/mol. The summed E-state index contributed by atoms with van der Waals surface area (Å²) in [7, 11) is 0. The molecule has 2 aromatic carbocycles. The van der Waals surface area contributed by atoms with Crippen molar-refractivity contribution in [1.82, 2.24) is 0 Å². The molecule has 0 aromatic heterocycles. The van der Waals surface area contributed by atoms with Crippen LogP contribution in [0.3, 0.4) is 0 Å². The zero-order valence-corrected chi connectivity index (χ0v) is 14.6. The van der Waals surface area contributed by atoms with E-state index in [0.29, 0.717) is 12.8 Å². The quantitative estimate of drug-likeness (QED) is 0.789. The number of fused-ring (bicyclic) bond motifs is 3. The lowest BCUT2D eigenvalue weighted by atomic mass is 9.73. The highest BCUT2D eigenvalue weighted by Gasteiger charge is 2.42. The van der Waals surface area contributed by atoms with Crippen LogP contribution in [0, 0.1) is 0 Å². The van der Waals surface area contributed by atoms with Crippen molar-refractivity contribution in [2.75, 3.05) is 13.2 Å². The average molecular weight is 412 g/mol. The Labute approximate surface area is 141 Å². The molecule has 2 nitrogen and oxygen atoms in total. The van der Waals surface area contributed by atoms with Crippen LogP contribution in [0.4, 0.5) is 0 Å². The molecule has 2 N–H and O–H groups in total. The Morgan fingerprint density at radius 1 is 0.762 bits per heavy atom. The molecule has 0 saturated carbocycles. The first-order valence-corrected chi connectivity index (χ1v) is 8.53. The highest BCUT2D eigenvalue weighted by Crippen LogP contribution is 2.53. The maximum Gasteiger partial charge on any atom is 0.0442 e. The van der Waals surface area contributed by atoms with Gasteiger partial charge in [0.05, 0.1) is 0 Å². The first-order chi connectivity index (χ1) is 10.1. The lowest BCUT2D eigenvalue weighted by molar-refractivity contribution is 0.212. The monoisotopic (exact) mass is 410 g/mol. The third-order valence-electron chi connectivity index (χ3n) is 4.36. The first-order valence-electron chi connectivity index (χ1n) is 6.94. The molecule has 0 radical (unpaired) electrons. The molecule has 2 aromatic rings. The zero-order valence-electron chi connectivity index (χ0n) is 11.4. The predicted molar refractivity (Wildman–Crippen MR) is 91.5 cm³/mol. The van der Waals surface area contributed by atoms with Gasteiger partial charge in [-0.25, -0.2) is 0 Å². The van der Waals surface area contributed by atoms with Gasteiger partial charge in [-0.3, -0.25) is 0 Å². The van der Waals surface area contributed by atoms with E-state index in [1.165, 1.54) is 22.3 Å². The number of aliphatic hydroxyl groups is 2. The summed E-state index contributed by atoms with van der Waals surface area (Å²) in [6, 6.07) is 12.5. The minimum absolute atomic E-state index is 0.0951. The molecule has 0 fully saturated rings. The standard InChI is InChI=1S/C17H16Br2O2/c18-11-1-3-13-14-4-2-12(19)10-16(14)17(5-7-20,6-8-21)15(13)9-11/h1-4,9-10,20-21H,5-8H2. The van der Waals surface area contributed by atoms with Crippen molar-refractivity contribution in [3.05, 3.63) is 56.5 Å². The molecule has 1 aliphatic rings. The van der Waals surface area contributed by atoms with Gasteiger partial charge in [0.15, 0.2) is 0 Å². The summed E-state index contributed by atoms with van der Waals surface area (Å²) in [6.45, 7) is 0.190. The summed E-state index contributed by atoms with van der Waals surface area (Å²) < 4.78 is 2.04. The second-order valence-corrected chi connectivity index (χ2v) is 7.24. The summed E-state index contributed by atoms with van der Waals surface area (Å²) in [5.41, 5.74) is 4.45. The Morgan fingerprint density at radius 3 is 1.57 bits per heavy atom. The Morgan fingerprint density at radius 2 is 1.19 bits per heavy atom. The van der Waals surface area contributed by atoms with Crippen LogP contribution in [0.1, 0.15) is 24.0 Å². The maximum atomic E-state index is 9.60. The molecule has 4 heteroatoms. The van der Waals surface area contributed by atoms with Crippen LogP contribution in [0.25, 0.3) is 11.1 Å². The average Bonchev–Trinajstić information content (AvgIpc) is 2.70. The topological polar surface area (TPSA) is 40.5 Å². The fourth-order valence-electron chi connectivity index (χ4n) is 3.49. The Kier molecular flexibility index (Phi) is 4.23. The first kappa shape index (κ1) is 15.2. The smallest absolute Gasteiger partial charge is 0.0442 e. The molecule has 110 valence electrons. The second kappa shape index (κ2) is 5.84. The SMILES string of the molecule is OCCC1(CCO)c2cc(Br)ccc2-c2ccc(Br)cc21. The van der Waals surface area contributed by atoms with Crippen molar-refractivity contribution in [1.29, 1.82) is 0 Å². The number of rotatable bonds is 4. The van der Waals surface area contributed by atoms with Crippen LogP contribution >= 0.6 is 31.9 Å². The van der Waals surface area contributed by atoms with E-state index in [4.69, 9.17) is 0 Å². The lowest BCUT2D eigenvalue weighted by Crippen LogP contribution is -2.28. The third kappa shape index (κ3) is 2.38. The summed E-state index contributed by atoms with van der Waals surface area (Å²) in [5, 5.41) is 19.2. The largest absolute Gasteiger partial charge is 0.396 e. The minimum atomic E-state index is -0.318. The molecule has 0 spiro atoms. The van der Waals surface area contributed by atoms with Crippen LogP contribution < -0.4 is 0 Å². The van der Waals surface area contributed by atoms with Gasteiger partial charge in [0.1, 0.15) is 0 Å². The summed E-state index contributed by atoms with van der Waals surface area (Å²) >= 11 is 7.09. The number of hydrogen-bond acceptors (Lipinski definition) is 2. The van der Waals surface area contributed by atoms with Crippen molar-refractivity contribution in [2.45, 2.75) is 18.3 Å². The predicted octanol–water partition coefficient (Wildman–Crippen LogP) is 4.24. The lowest BCUT2D eigenvalue weighted by Gasteiger charge is -2.31. The van der Waals surface area contributed by atoms with Crippen molar-refractivity contribution in [3.8, 4) is 11.1 Å². The van der Waals surface area contributed by atoms with Gasteiger partial charge in [-0.1, -0.05) is 44.0 Å². The fraction of sp³-hybridized carbons (Fsp3) is 0.294. The number of benzene rings is 2. The number of hydrogen-bond donors (Lipinski definition) is 2. The zero-order chi connectivity index (χ0) is 15.0. The van der Waals surface area contributed by atoms with E-state index in [9.17, 15) is 10.2 Å². The number of aliphatic hydroxyl groups excluding tert-OH is 2. The van der Waals surface area contributed by atoms with Crippen LogP contribution in [0.2, 0.25) is 0 Å². The second-order valence-electron chi connectivity index (χ2n) is 5.41. The maximum absolute atomic E-state index is 9.60.